The van der Waals surface area contributed by atoms with Crippen molar-refractivity contribution in [3.05, 3.63) is 65.0 Å². The fraction of sp³-hybridized carbons (Fsp3) is 0.133. The van der Waals surface area contributed by atoms with Crippen LogP contribution in [0.5, 0.6) is 0 Å². The van der Waals surface area contributed by atoms with Gasteiger partial charge in [-0.3, -0.25) is 4.79 Å². The van der Waals surface area contributed by atoms with Crippen LogP contribution in [0.1, 0.15) is 21.5 Å². The first-order chi connectivity index (χ1) is 8.56. The molecule has 0 unspecified atom stereocenters. The first-order valence-corrected chi connectivity index (χ1v) is 5.70. The molecule has 0 heterocycles. The van der Waals surface area contributed by atoms with Gasteiger partial charge in [-0.05, 0) is 49.7 Å². The first-order valence-electron chi connectivity index (χ1n) is 5.70. The highest BCUT2D eigenvalue weighted by atomic mass is 19.1. The summed E-state index contributed by atoms with van der Waals surface area (Å²) < 4.78 is 13.1. The Morgan fingerprint density at radius 2 is 1.72 bits per heavy atom. The van der Waals surface area contributed by atoms with Gasteiger partial charge < -0.3 is 5.32 Å². The van der Waals surface area contributed by atoms with Crippen molar-refractivity contribution in [2.75, 3.05) is 5.32 Å². The number of benzene rings is 2. The van der Waals surface area contributed by atoms with E-state index >= 15 is 0 Å². The number of carbonyl (C=O) groups excluding carboxylic acids is 1. The minimum Gasteiger partial charge on any atom is -0.322 e. The summed E-state index contributed by atoms with van der Waals surface area (Å²) in [4.78, 5) is 11.9. The number of amides is 1. The van der Waals surface area contributed by atoms with Gasteiger partial charge in [0, 0.05) is 11.3 Å². The van der Waals surface area contributed by atoms with E-state index < -0.39 is 0 Å². The maximum atomic E-state index is 13.1. The van der Waals surface area contributed by atoms with Crippen molar-refractivity contribution < 1.29 is 9.18 Å². The zero-order valence-electron chi connectivity index (χ0n) is 10.3. The molecule has 0 saturated heterocycles. The van der Waals surface area contributed by atoms with E-state index in [1.165, 1.54) is 12.1 Å². The van der Waals surface area contributed by atoms with Crippen molar-refractivity contribution in [1.82, 2.24) is 0 Å². The van der Waals surface area contributed by atoms with Gasteiger partial charge in [0.1, 0.15) is 5.82 Å². The molecule has 0 aliphatic rings. The summed E-state index contributed by atoms with van der Waals surface area (Å²) >= 11 is 0. The summed E-state index contributed by atoms with van der Waals surface area (Å²) in [7, 11) is 0. The molecule has 92 valence electrons. The van der Waals surface area contributed by atoms with Crippen molar-refractivity contribution in [3.63, 3.8) is 0 Å². The molecule has 0 aliphatic heterocycles. The van der Waals surface area contributed by atoms with E-state index in [1.807, 2.05) is 31.2 Å². The van der Waals surface area contributed by atoms with Crippen LogP contribution in [0.2, 0.25) is 0 Å². The van der Waals surface area contributed by atoms with Gasteiger partial charge in [0.25, 0.3) is 5.91 Å². The van der Waals surface area contributed by atoms with Crippen molar-refractivity contribution in [3.8, 4) is 0 Å². The second kappa shape index (κ2) is 5.00. The summed E-state index contributed by atoms with van der Waals surface area (Å²) in [5.74, 6) is -0.538. The Morgan fingerprint density at radius 3 is 2.33 bits per heavy atom. The Hall–Kier alpha value is -2.16. The Bertz CT molecular complexity index is 576. The van der Waals surface area contributed by atoms with Gasteiger partial charge in [0.2, 0.25) is 0 Å². The Kier molecular flexibility index (Phi) is 3.42. The molecule has 2 aromatic rings. The quantitative estimate of drug-likeness (QED) is 0.856. The molecule has 0 bridgehead atoms. The van der Waals surface area contributed by atoms with Gasteiger partial charge in [0.05, 0.1) is 0 Å². The van der Waals surface area contributed by atoms with Gasteiger partial charge >= 0.3 is 0 Å². The Labute approximate surface area is 105 Å². The molecule has 1 amide bonds. The molecule has 3 heteroatoms. The van der Waals surface area contributed by atoms with Gasteiger partial charge in [-0.2, -0.15) is 0 Å². The molecular weight excluding hydrogens is 229 g/mol. The van der Waals surface area contributed by atoms with Crippen LogP contribution in [-0.2, 0) is 0 Å². The lowest BCUT2D eigenvalue weighted by atomic mass is 10.1. The molecule has 0 radical (unpaired) electrons. The van der Waals surface area contributed by atoms with Crippen LogP contribution in [0, 0.1) is 19.7 Å². The Balaban J connectivity index is 2.16. The zero-order chi connectivity index (χ0) is 13.1. The SMILES string of the molecule is Cc1ccc(NC(=O)c2ccc(F)c(C)c2)cc1. The van der Waals surface area contributed by atoms with E-state index in [1.54, 1.807) is 13.0 Å². The Morgan fingerprint density at radius 1 is 1.06 bits per heavy atom. The molecular formula is C15H14FNO. The van der Waals surface area contributed by atoms with Crippen LogP contribution < -0.4 is 5.32 Å². The number of aryl methyl sites for hydroxylation is 2. The molecule has 2 nitrogen and oxygen atoms in total. The molecule has 18 heavy (non-hydrogen) atoms. The standard InChI is InChI=1S/C15H14FNO/c1-10-3-6-13(7-4-10)17-15(18)12-5-8-14(16)11(2)9-12/h3-9H,1-2H3,(H,17,18). The topological polar surface area (TPSA) is 29.1 Å². The zero-order valence-corrected chi connectivity index (χ0v) is 10.3. The van der Waals surface area contributed by atoms with Gasteiger partial charge in [-0.15, -0.1) is 0 Å². The molecule has 0 aliphatic carbocycles. The summed E-state index contributed by atoms with van der Waals surface area (Å²) in [6.07, 6.45) is 0. The lowest BCUT2D eigenvalue weighted by Crippen LogP contribution is -2.12. The summed E-state index contributed by atoms with van der Waals surface area (Å²) in [5.41, 5.74) is 2.78. The third-order valence-corrected chi connectivity index (χ3v) is 2.73. The van der Waals surface area contributed by atoms with E-state index in [9.17, 15) is 9.18 Å². The largest absolute Gasteiger partial charge is 0.322 e. The second-order valence-electron chi connectivity index (χ2n) is 4.28. The minimum absolute atomic E-state index is 0.234. The average molecular weight is 243 g/mol. The lowest BCUT2D eigenvalue weighted by Gasteiger charge is -2.06. The molecule has 0 spiro atoms. The molecule has 0 atom stereocenters. The number of anilines is 1. The van der Waals surface area contributed by atoms with E-state index in [-0.39, 0.29) is 11.7 Å². The fourth-order valence-electron chi connectivity index (χ4n) is 1.63. The third kappa shape index (κ3) is 2.74. The van der Waals surface area contributed by atoms with E-state index in [0.29, 0.717) is 11.1 Å². The number of hydrogen-bond donors (Lipinski definition) is 1. The summed E-state index contributed by atoms with van der Waals surface area (Å²) in [6.45, 7) is 3.62. The van der Waals surface area contributed by atoms with E-state index in [2.05, 4.69) is 5.32 Å². The maximum absolute atomic E-state index is 13.1. The van der Waals surface area contributed by atoms with Crippen LogP contribution in [0.3, 0.4) is 0 Å². The van der Waals surface area contributed by atoms with Crippen LogP contribution >= 0.6 is 0 Å². The second-order valence-corrected chi connectivity index (χ2v) is 4.28. The predicted molar refractivity (Wildman–Crippen MR) is 70.3 cm³/mol. The highest BCUT2D eigenvalue weighted by Crippen LogP contribution is 2.13. The average Bonchev–Trinajstić information content (AvgIpc) is 2.35. The molecule has 1 N–H and O–H groups in total. The van der Waals surface area contributed by atoms with Crippen LogP contribution in [0.4, 0.5) is 10.1 Å². The highest BCUT2D eigenvalue weighted by Gasteiger charge is 2.07. The molecule has 0 fully saturated rings. The number of halogens is 1. The van der Waals surface area contributed by atoms with Gasteiger partial charge in [-0.1, -0.05) is 17.7 Å². The van der Waals surface area contributed by atoms with Crippen molar-refractivity contribution >= 4 is 11.6 Å². The third-order valence-electron chi connectivity index (χ3n) is 2.73. The van der Waals surface area contributed by atoms with Gasteiger partial charge in [-0.25, -0.2) is 4.39 Å². The molecule has 0 saturated carbocycles. The smallest absolute Gasteiger partial charge is 0.255 e. The van der Waals surface area contributed by atoms with Crippen LogP contribution in [0.15, 0.2) is 42.5 Å². The number of carbonyl (C=O) groups is 1. The van der Waals surface area contributed by atoms with Crippen LogP contribution in [0.25, 0.3) is 0 Å². The summed E-state index contributed by atoms with van der Waals surface area (Å²) in [5, 5.41) is 2.77. The number of nitrogens with one attached hydrogen (secondary N) is 1. The number of hydrogen-bond acceptors (Lipinski definition) is 1. The highest BCUT2D eigenvalue weighted by molar-refractivity contribution is 6.04. The monoisotopic (exact) mass is 243 g/mol. The first kappa shape index (κ1) is 12.3. The normalized spacial score (nSPS) is 10.2. The molecule has 2 aromatic carbocycles. The maximum Gasteiger partial charge on any atom is 0.255 e. The summed E-state index contributed by atoms with van der Waals surface area (Å²) in [6, 6.07) is 11.8. The lowest BCUT2D eigenvalue weighted by molar-refractivity contribution is 0.102. The van der Waals surface area contributed by atoms with Crippen LogP contribution in [-0.4, -0.2) is 5.91 Å². The number of rotatable bonds is 2. The van der Waals surface area contributed by atoms with Gasteiger partial charge in [0.15, 0.2) is 0 Å². The predicted octanol–water partition coefficient (Wildman–Crippen LogP) is 3.69. The molecule has 0 aromatic heterocycles. The fourth-order valence-corrected chi connectivity index (χ4v) is 1.63. The van der Waals surface area contributed by atoms with E-state index in [0.717, 1.165) is 11.3 Å². The van der Waals surface area contributed by atoms with Crippen molar-refractivity contribution in [1.29, 1.82) is 0 Å². The minimum atomic E-state index is -0.304. The van der Waals surface area contributed by atoms with Crippen molar-refractivity contribution in [2.45, 2.75) is 13.8 Å². The van der Waals surface area contributed by atoms with E-state index in [4.69, 9.17) is 0 Å². The molecule has 2 rings (SSSR count). The van der Waals surface area contributed by atoms with Crippen molar-refractivity contribution in [2.24, 2.45) is 0 Å².